The first kappa shape index (κ1) is 20.9. The number of nitrogens with zero attached hydrogens (tertiary/aromatic N) is 1. The van der Waals surface area contributed by atoms with Crippen LogP contribution in [-0.4, -0.2) is 21.8 Å². The Morgan fingerprint density at radius 1 is 1.00 bits per heavy atom. The summed E-state index contributed by atoms with van der Waals surface area (Å²) >= 11 is 0. The molecule has 5 rings (SSSR count). The summed E-state index contributed by atoms with van der Waals surface area (Å²) in [6.07, 6.45) is 1.80. The fourth-order valence-electron chi connectivity index (χ4n) is 4.52. The number of aromatic nitrogens is 1. The van der Waals surface area contributed by atoms with Gasteiger partial charge in [0, 0.05) is 23.1 Å². The number of anilines is 2. The largest absolute Gasteiger partial charge is 0.481 e. The maximum atomic E-state index is 13.5. The molecule has 4 aromatic rings. The molecular weight excluding hydrogens is 423 g/mol. The normalized spacial score (nSPS) is 17.8. The molecule has 166 valence electrons. The molecule has 0 radical (unpaired) electrons. The Morgan fingerprint density at radius 3 is 2.58 bits per heavy atom. The third-order valence-corrected chi connectivity index (χ3v) is 6.15. The zero-order valence-electron chi connectivity index (χ0n) is 17.6. The Hall–Kier alpha value is -4.00. The Kier molecular flexibility index (Phi) is 5.38. The predicted octanol–water partition coefficient (Wildman–Crippen LogP) is 6.06. The number of fused-ring (bicyclic) bond motifs is 1. The molecule has 0 amide bonds. The lowest BCUT2D eigenvalue weighted by molar-refractivity contribution is -0.142. The number of rotatable bonds is 6. The zero-order valence-corrected chi connectivity index (χ0v) is 17.6. The maximum Gasteiger partial charge on any atom is 0.307 e. The van der Waals surface area contributed by atoms with Crippen LogP contribution in [0.15, 0.2) is 71.1 Å². The van der Waals surface area contributed by atoms with E-state index in [1.165, 1.54) is 18.2 Å². The van der Waals surface area contributed by atoms with E-state index in [0.717, 1.165) is 17.5 Å². The highest BCUT2D eigenvalue weighted by atomic mass is 19.1. The number of carboxylic acid groups (broad SMARTS) is 1. The van der Waals surface area contributed by atoms with Crippen molar-refractivity contribution in [3.63, 3.8) is 0 Å². The van der Waals surface area contributed by atoms with Crippen LogP contribution in [0.25, 0.3) is 22.2 Å². The molecule has 1 aromatic heterocycles. The quantitative estimate of drug-likeness (QED) is 0.351. The van der Waals surface area contributed by atoms with E-state index in [0.29, 0.717) is 35.2 Å². The van der Waals surface area contributed by atoms with E-state index in [-0.39, 0.29) is 11.8 Å². The van der Waals surface area contributed by atoms with E-state index >= 15 is 0 Å². The molecule has 1 heterocycles. The Bertz CT molecular complexity index is 1350. The molecule has 0 saturated heterocycles. The van der Waals surface area contributed by atoms with Gasteiger partial charge in [0.25, 0.3) is 6.01 Å². The van der Waals surface area contributed by atoms with Crippen molar-refractivity contribution in [3.05, 3.63) is 78.1 Å². The molecule has 2 N–H and O–H groups in total. The lowest BCUT2D eigenvalue weighted by atomic mass is 9.87. The van der Waals surface area contributed by atoms with Gasteiger partial charge in [-0.3, -0.25) is 9.59 Å². The third-order valence-electron chi connectivity index (χ3n) is 6.15. The molecule has 0 aliphatic heterocycles. The van der Waals surface area contributed by atoms with Crippen LogP contribution in [0, 0.1) is 17.7 Å². The summed E-state index contributed by atoms with van der Waals surface area (Å²) < 4.78 is 19.2. The number of hydrogen-bond acceptors (Lipinski definition) is 5. The number of carboxylic acids is 1. The van der Waals surface area contributed by atoms with Crippen LogP contribution in [0.4, 0.5) is 16.1 Å². The van der Waals surface area contributed by atoms with Crippen LogP contribution in [-0.2, 0) is 4.79 Å². The fraction of sp³-hybridized carbons (Fsp3) is 0.192. The fourth-order valence-corrected chi connectivity index (χ4v) is 4.52. The number of nitrogens with one attached hydrogen (secondary N) is 1. The van der Waals surface area contributed by atoms with E-state index in [4.69, 9.17) is 4.42 Å². The van der Waals surface area contributed by atoms with Crippen LogP contribution >= 0.6 is 0 Å². The molecule has 3 aromatic carbocycles. The third kappa shape index (κ3) is 4.09. The second kappa shape index (κ2) is 8.50. The molecule has 1 aliphatic rings. The van der Waals surface area contributed by atoms with Gasteiger partial charge in [-0.2, -0.15) is 4.98 Å². The molecule has 7 heteroatoms. The SMILES string of the molecule is O=C(O)C1CCCC1C(=O)c1ccc(-c2ccccc2)c(Nc2nc3ccc(F)cc3o2)c1. The number of hydrogen-bond donors (Lipinski definition) is 2. The van der Waals surface area contributed by atoms with Gasteiger partial charge in [0.1, 0.15) is 11.3 Å². The van der Waals surface area contributed by atoms with E-state index in [9.17, 15) is 19.1 Å². The van der Waals surface area contributed by atoms with Crippen LogP contribution in [0.5, 0.6) is 0 Å². The number of Topliss-reactive ketones (excluding diaryl/α,β-unsaturated/α-hetero) is 1. The number of oxazole rings is 1. The number of aliphatic carboxylic acids is 1. The number of carbonyl (C=O) groups excluding carboxylic acids is 1. The minimum atomic E-state index is -0.927. The van der Waals surface area contributed by atoms with Crippen molar-refractivity contribution in [1.29, 1.82) is 0 Å². The summed E-state index contributed by atoms with van der Waals surface area (Å²) in [6, 6.07) is 19.2. The van der Waals surface area contributed by atoms with Crippen molar-refractivity contribution >= 4 is 34.6 Å². The minimum absolute atomic E-state index is 0.168. The lowest BCUT2D eigenvalue weighted by Gasteiger charge is -2.17. The summed E-state index contributed by atoms with van der Waals surface area (Å²) in [7, 11) is 0. The van der Waals surface area contributed by atoms with Crippen LogP contribution in [0.3, 0.4) is 0 Å². The van der Waals surface area contributed by atoms with Crippen molar-refractivity contribution in [1.82, 2.24) is 4.98 Å². The highest BCUT2D eigenvalue weighted by molar-refractivity contribution is 6.02. The summed E-state index contributed by atoms with van der Waals surface area (Å²) in [5.41, 5.74) is 3.57. The average molecular weight is 444 g/mol. The van der Waals surface area contributed by atoms with Gasteiger partial charge in [-0.25, -0.2) is 4.39 Å². The molecule has 2 unspecified atom stereocenters. The molecule has 6 nitrogen and oxygen atoms in total. The van der Waals surface area contributed by atoms with Gasteiger partial charge in [0.05, 0.1) is 11.6 Å². The topological polar surface area (TPSA) is 92.4 Å². The molecule has 1 saturated carbocycles. The van der Waals surface area contributed by atoms with Gasteiger partial charge < -0.3 is 14.8 Å². The molecular formula is C26H21FN2O4. The van der Waals surface area contributed by atoms with Crippen molar-refractivity contribution in [2.75, 3.05) is 5.32 Å². The second-order valence-corrected chi connectivity index (χ2v) is 8.23. The van der Waals surface area contributed by atoms with Crippen molar-refractivity contribution in [3.8, 4) is 11.1 Å². The number of benzene rings is 3. The number of halogens is 1. The van der Waals surface area contributed by atoms with Gasteiger partial charge in [-0.05, 0) is 36.6 Å². The lowest BCUT2D eigenvalue weighted by Crippen LogP contribution is -2.25. The highest BCUT2D eigenvalue weighted by Gasteiger charge is 2.38. The molecule has 33 heavy (non-hydrogen) atoms. The van der Waals surface area contributed by atoms with Gasteiger partial charge in [-0.15, -0.1) is 0 Å². The van der Waals surface area contributed by atoms with Gasteiger partial charge in [-0.1, -0.05) is 48.9 Å². The van der Waals surface area contributed by atoms with Crippen LogP contribution in [0.2, 0.25) is 0 Å². The molecule has 0 bridgehead atoms. The van der Waals surface area contributed by atoms with Crippen molar-refractivity contribution < 1.29 is 23.5 Å². The standard InChI is InChI=1S/C26H21FN2O4/c27-17-10-12-21-23(14-17)33-26(28-21)29-22-13-16(9-11-18(22)15-5-2-1-3-6-15)24(30)19-7-4-8-20(19)25(31)32/h1-3,5-6,9-14,19-20H,4,7-8H2,(H,28,29)(H,31,32). The van der Waals surface area contributed by atoms with Crippen LogP contribution < -0.4 is 5.32 Å². The first-order valence-electron chi connectivity index (χ1n) is 10.8. The smallest absolute Gasteiger partial charge is 0.307 e. The summed E-state index contributed by atoms with van der Waals surface area (Å²) in [4.78, 5) is 29.2. The average Bonchev–Trinajstić information content (AvgIpc) is 3.46. The second-order valence-electron chi connectivity index (χ2n) is 8.23. The first-order chi connectivity index (χ1) is 16.0. The summed E-state index contributed by atoms with van der Waals surface area (Å²) in [5, 5.41) is 12.6. The van der Waals surface area contributed by atoms with Crippen molar-refractivity contribution in [2.24, 2.45) is 11.8 Å². The molecule has 2 atom stereocenters. The minimum Gasteiger partial charge on any atom is -0.481 e. The predicted molar refractivity (Wildman–Crippen MR) is 122 cm³/mol. The number of carbonyl (C=O) groups is 2. The Labute approximate surface area is 189 Å². The maximum absolute atomic E-state index is 13.5. The Balaban J connectivity index is 1.54. The Morgan fingerprint density at radius 2 is 1.79 bits per heavy atom. The number of ketones is 1. The summed E-state index contributed by atoms with van der Waals surface area (Å²) in [5.74, 6) is -2.72. The monoisotopic (exact) mass is 444 g/mol. The van der Waals surface area contributed by atoms with Gasteiger partial charge in [0.15, 0.2) is 11.4 Å². The molecule has 0 spiro atoms. The van der Waals surface area contributed by atoms with E-state index in [1.807, 2.05) is 36.4 Å². The van der Waals surface area contributed by atoms with E-state index < -0.39 is 23.6 Å². The van der Waals surface area contributed by atoms with E-state index in [2.05, 4.69) is 10.3 Å². The summed E-state index contributed by atoms with van der Waals surface area (Å²) in [6.45, 7) is 0. The van der Waals surface area contributed by atoms with Crippen LogP contribution in [0.1, 0.15) is 29.6 Å². The van der Waals surface area contributed by atoms with Gasteiger partial charge >= 0.3 is 5.97 Å². The zero-order chi connectivity index (χ0) is 22.9. The molecule has 1 fully saturated rings. The first-order valence-corrected chi connectivity index (χ1v) is 10.8. The molecule has 1 aliphatic carbocycles. The van der Waals surface area contributed by atoms with Crippen molar-refractivity contribution in [2.45, 2.75) is 19.3 Å². The van der Waals surface area contributed by atoms with E-state index in [1.54, 1.807) is 12.1 Å². The van der Waals surface area contributed by atoms with Gasteiger partial charge in [0.2, 0.25) is 0 Å². The highest BCUT2D eigenvalue weighted by Crippen LogP contribution is 2.37.